The van der Waals surface area contributed by atoms with E-state index in [1.54, 1.807) is 0 Å². The monoisotopic (exact) mass is 264 g/mol. The molecule has 0 spiro atoms. The summed E-state index contributed by atoms with van der Waals surface area (Å²) in [5, 5.41) is 3.31. The molecule has 3 N–H and O–H groups in total. The molecule has 19 heavy (non-hydrogen) atoms. The molecular formula is C16H28N2O. The average molecular weight is 264 g/mol. The van der Waals surface area contributed by atoms with Gasteiger partial charge in [0.15, 0.2) is 0 Å². The van der Waals surface area contributed by atoms with E-state index in [1.807, 2.05) is 0 Å². The van der Waals surface area contributed by atoms with E-state index in [0.29, 0.717) is 23.3 Å². The number of amides is 1. The summed E-state index contributed by atoms with van der Waals surface area (Å²) in [5.74, 6) is 1.53. The summed E-state index contributed by atoms with van der Waals surface area (Å²) in [6.45, 7) is 4.63. The molecule has 0 saturated heterocycles. The molecule has 0 aromatic rings. The summed E-state index contributed by atoms with van der Waals surface area (Å²) in [5.41, 5.74) is 6.64. The second-order valence-corrected chi connectivity index (χ2v) is 7.90. The van der Waals surface area contributed by atoms with Crippen molar-refractivity contribution in [1.29, 1.82) is 0 Å². The first kappa shape index (κ1) is 13.4. The van der Waals surface area contributed by atoms with E-state index < -0.39 is 0 Å². The SMILES string of the molecule is CC1(C)CCCC(NC(=O)C2C3CCC(C3)C2N)C1. The fourth-order valence-corrected chi connectivity index (χ4v) is 4.84. The molecule has 1 amide bonds. The molecule has 3 rings (SSSR count). The quantitative estimate of drug-likeness (QED) is 0.805. The van der Waals surface area contributed by atoms with Gasteiger partial charge in [0.1, 0.15) is 0 Å². The smallest absolute Gasteiger partial charge is 0.225 e. The minimum atomic E-state index is 0.101. The maximum absolute atomic E-state index is 12.5. The zero-order valence-corrected chi connectivity index (χ0v) is 12.3. The highest BCUT2D eigenvalue weighted by Crippen LogP contribution is 2.47. The van der Waals surface area contributed by atoms with Crippen molar-refractivity contribution in [3.8, 4) is 0 Å². The van der Waals surface area contributed by atoms with Gasteiger partial charge in [-0.2, -0.15) is 0 Å². The molecule has 0 aliphatic heterocycles. The van der Waals surface area contributed by atoms with E-state index in [4.69, 9.17) is 5.73 Å². The summed E-state index contributed by atoms with van der Waals surface area (Å²) in [7, 11) is 0. The van der Waals surface area contributed by atoms with Crippen molar-refractivity contribution >= 4 is 5.91 Å². The summed E-state index contributed by atoms with van der Waals surface area (Å²) >= 11 is 0. The van der Waals surface area contributed by atoms with Gasteiger partial charge in [-0.15, -0.1) is 0 Å². The van der Waals surface area contributed by atoms with Crippen molar-refractivity contribution in [1.82, 2.24) is 5.32 Å². The van der Waals surface area contributed by atoms with Crippen LogP contribution >= 0.6 is 0 Å². The van der Waals surface area contributed by atoms with Crippen LogP contribution in [0, 0.1) is 23.2 Å². The molecular weight excluding hydrogens is 236 g/mol. The fourth-order valence-electron chi connectivity index (χ4n) is 4.84. The second-order valence-electron chi connectivity index (χ2n) is 7.90. The Labute approximate surface area is 116 Å². The Morgan fingerprint density at radius 2 is 1.95 bits per heavy atom. The van der Waals surface area contributed by atoms with Gasteiger partial charge in [0, 0.05) is 12.1 Å². The third-order valence-electron chi connectivity index (χ3n) is 5.83. The van der Waals surface area contributed by atoms with Gasteiger partial charge in [0.05, 0.1) is 5.92 Å². The van der Waals surface area contributed by atoms with Crippen LogP contribution in [0.5, 0.6) is 0 Å². The molecule has 3 nitrogen and oxygen atoms in total. The van der Waals surface area contributed by atoms with Crippen LogP contribution in [0.4, 0.5) is 0 Å². The number of nitrogens with two attached hydrogens (primary N) is 1. The van der Waals surface area contributed by atoms with Gasteiger partial charge in [-0.05, 0) is 55.8 Å². The highest BCUT2D eigenvalue weighted by Gasteiger charge is 2.49. The number of carbonyl (C=O) groups is 1. The maximum atomic E-state index is 12.5. The highest BCUT2D eigenvalue weighted by molar-refractivity contribution is 5.80. The van der Waals surface area contributed by atoms with Crippen molar-refractivity contribution in [2.45, 2.75) is 70.9 Å². The van der Waals surface area contributed by atoms with Gasteiger partial charge in [0.2, 0.25) is 5.91 Å². The molecule has 0 radical (unpaired) electrons. The number of rotatable bonds is 2. The second kappa shape index (κ2) is 4.76. The Hall–Kier alpha value is -0.570. The lowest BCUT2D eigenvalue weighted by Gasteiger charge is -2.37. The summed E-state index contributed by atoms with van der Waals surface area (Å²) < 4.78 is 0. The topological polar surface area (TPSA) is 55.1 Å². The van der Waals surface area contributed by atoms with Crippen LogP contribution in [0.25, 0.3) is 0 Å². The molecule has 3 saturated carbocycles. The zero-order valence-electron chi connectivity index (χ0n) is 12.3. The van der Waals surface area contributed by atoms with Gasteiger partial charge < -0.3 is 11.1 Å². The zero-order chi connectivity index (χ0) is 13.6. The first-order valence-electron chi connectivity index (χ1n) is 8.02. The lowest BCUT2D eigenvalue weighted by atomic mass is 9.75. The van der Waals surface area contributed by atoms with Crippen molar-refractivity contribution in [3.05, 3.63) is 0 Å². The standard InChI is InChI=1S/C16H28N2O/c1-16(2)7-3-4-12(9-16)18-15(19)13-10-5-6-11(8-10)14(13)17/h10-14H,3-9,17H2,1-2H3,(H,18,19). The molecule has 108 valence electrons. The predicted octanol–water partition coefficient (Wildman–Crippen LogP) is 2.44. The molecule has 5 unspecified atom stereocenters. The fraction of sp³-hybridized carbons (Fsp3) is 0.938. The maximum Gasteiger partial charge on any atom is 0.225 e. The molecule has 0 heterocycles. The van der Waals surface area contributed by atoms with Crippen molar-refractivity contribution in [2.75, 3.05) is 0 Å². The Morgan fingerprint density at radius 1 is 1.21 bits per heavy atom. The normalized spacial score (nSPS) is 44.3. The first-order valence-corrected chi connectivity index (χ1v) is 8.02. The van der Waals surface area contributed by atoms with Crippen LogP contribution < -0.4 is 11.1 Å². The summed E-state index contributed by atoms with van der Waals surface area (Å²) in [4.78, 5) is 12.5. The number of hydrogen-bond acceptors (Lipinski definition) is 2. The molecule has 3 aliphatic rings. The van der Waals surface area contributed by atoms with Gasteiger partial charge in [-0.1, -0.05) is 20.3 Å². The molecule has 3 aliphatic carbocycles. The Balaban J connectivity index is 1.59. The van der Waals surface area contributed by atoms with E-state index in [0.717, 1.165) is 12.8 Å². The van der Waals surface area contributed by atoms with Gasteiger partial charge in [-0.3, -0.25) is 4.79 Å². The summed E-state index contributed by atoms with van der Waals surface area (Å²) in [6.07, 6.45) is 8.43. The third-order valence-corrected chi connectivity index (χ3v) is 5.83. The van der Waals surface area contributed by atoms with Crippen LogP contribution in [0.3, 0.4) is 0 Å². The molecule has 3 heteroatoms. The van der Waals surface area contributed by atoms with E-state index >= 15 is 0 Å². The molecule has 0 aromatic heterocycles. The Morgan fingerprint density at radius 3 is 2.58 bits per heavy atom. The number of nitrogens with one attached hydrogen (secondary N) is 1. The Bertz CT molecular complexity index is 364. The minimum absolute atomic E-state index is 0.101. The van der Waals surface area contributed by atoms with Crippen LogP contribution in [0.15, 0.2) is 0 Å². The minimum Gasteiger partial charge on any atom is -0.353 e. The number of carbonyl (C=O) groups excluding carboxylic acids is 1. The van der Waals surface area contributed by atoms with Gasteiger partial charge >= 0.3 is 0 Å². The molecule has 0 aromatic carbocycles. The third kappa shape index (κ3) is 2.54. The average Bonchev–Trinajstić information content (AvgIpc) is 2.87. The van der Waals surface area contributed by atoms with E-state index in [1.165, 1.54) is 32.1 Å². The van der Waals surface area contributed by atoms with E-state index in [-0.39, 0.29) is 17.9 Å². The van der Waals surface area contributed by atoms with Crippen molar-refractivity contribution in [2.24, 2.45) is 28.9 Å². The Kier molecular flexibility index (Phi) is 3.36. The van der Waals surface area contributed by atoms with Gasteiger partial charge in [0.25, 0.3) is 0 Å². The molecule has 2 bridgehead atoms. The lowest BCUT2D eigenvalue weighted by molar-refractivity contribution is -0.128. The predicted molar refractivity (Wildman–Crippen MR) is 76.5 cm³/mol. The highest BCUT2D eigenvalue weighted by atomic mass is 16.2. The van der Waals surface area contributed by atoms with Crippen LogP contribution in [0.2, 0.25) is 0 Å². The van der Waals surface area contributed by atoms with Gasteiger partial charge in [-0.25, -0.2) is 0 Å². The number of fused-ring (bicyclic) bond motifs is 2. The van der Waals surface area contributed by atoms with Crippen molar-refractivity contribution in [3.63, 3.8) is 0 Å². The van der Waals surface area contributed by atoms with E-state index in [9.17, 15) is 4.79 Å². The lowest BCUT2D eigenvalue weighted by Crippen LogP contribution is -2.49. The number of hydrogen-bond donors (Lipinski definition) is 2. The largest absolute Gasteiger partial charge is 0.353 e. The summed E-state index contributed by atoms with van der Waals surface area (Å²) in [6, 6.07) is 0.498. The van der Waals surface area contributed by atoms with Crippen molar-refractivity contribution < 1.29 is 4.79 Å². The first-order chi connectivity index (χ1) is 8.96. The van der Waals surface area contributed by atoms with Crippen LogP contribution in [0.1, 0.15) is 58.8 Å². The van der Waals surface area contributed by atoms with Crippen LogP contribution in [-0.4, -0.2) is 18.0 Å². The van der Waals surface area contributed by atoms with Crippen LogP contribution in [-0.2, 0) is 4.79 Å². The van der Waals surface area contributed by atoms with E-state index in [2.05, 4.69) is 19.2 Å². The molecule has 3 fully saturated rings. The molecule has 5 atom stereocenters.